The fourth-order valence-electron chi connectivity index (χ4n) is 2.04. The molecular weight excluding hydrogens is 329 g/mol. The fraction of sp³-hybridized carbons (Fsp3) is 0.267. The molecule has 0 spiro atoms. The largest absolute Gasteiger partial charge is 0.491 e. The number of aromatic carboxylic acids is 1. The minimum Gasteiger partial charge on any atom is -0.491 e. The number of ether oxygens (including phenoxy) is 1. The molecule has 1 aromatic heterocycles. The molecule has 2 aromatic rings. The van der Waals surface area contributed by atoms with Gasteiger partial charge in [0.25, 0.3) is 5.56 Å². The topological polar surface area (TPSA) is 81.4 Å². The summed E-state index contributed by atoms with van der Waals surface area (Å²) in [4.78, 5) is 22.9. The Balaban J connectivity index is 2.18. The average Bonchev–Trinajstić information content (AvgIpc) is 2.49. The van der Waals surface area contributed by atoms with Crippen LogP contribution in [0.25, 0.3) is 0 Å². The van der Waals surface area contributed by atoms with Crippen molar-refractivity contribution in [1.29, 1.82) is 0 Å². The van der Waals surface area contributed by atoms with Gasteiger partial charge in [0.15, 0.2) is 0 Å². The van der Waals surface area contributed by atoms with Crippen molar-refractivity contribution in [2.45, 2.75) is 19.6 Å². The molecule has 128 valence electrons. The predicted octanol–water partition coefficient (Wildman–Crippen LogP) is 2.35. The Bertz CT molecular complexity index is 815. The number of aryl methyl sites for hydroxylation is 1. The summed E-state index contributed by atoms with van der Waals surface area (Å²) in [5, 5.41) is 12.8. The summed E-state index contributed by atoms with van der Waals surface area (Å²) in [5.74, 6) is -1.14. The second kappa shape index (κ2) is 6.73. The lowest BCUT2D eigenvalue weighted by Crippen LogP contribution is -2.32. The van der Waals surface area contributed by atoms with Gasteiger partial charge < -0.3 is 9.84 Å². The number of rotatable bonds is 5. The Kier molecular flexibility index (Phi) is 4.91. The lowest BCUT2D eigenvalue weighted by atomic mass is 10.2. The second-order valence-electron chi connectivity index (χ2n) is 4.88. The van der Waals surface area contributed by atoms with Crippen molar-refractivity contribution in [3.05, 3.63) is 57.5 Å². The highest BCUT2D eigenvalue weighted by atomic mass is 19.4. The third-order valence-corrected chi connectivity index (χ3v) is 3.08. The van der Waals surface area contributed by atoms with Crippen LogP contribution in [-0.2, 0) is 12.7 Å². The maximum absolute atomic E-state index is 12.8. The Labute approximate surface area is 134 Å². The van der Waals surface area contributed by atoms with E-state index in [4.69, 9.17) is 9.84 Å². The number of carboxylic acid groups (broad SMARTS) is 1. The number of para-hydroxylation sites is 1. The van der Waals surface area contributed by atoms with E-state index in [1.54, 1.807) is 6.07 Å². The van der Waals surface area contributed by atoms with E-state index in [0.29, 0.717) is 10.7 Å². The molecule has 0 aliphatic rings. The quantitative estimate of drug-likeness (QED) is 0.902. The fourth-order valence-corrected chi connectivity index (χ4v) is 2.04. The molecule has 0 amide bonds. The zero-order chi connectivity index (χ0) is 17.9. The predicted molar refractivity (Wildman–Crippen MR) is 77.1 cm³/mol. The Morgan fingerprint density at radius 2 is 2.00 bits per heavy atom. The van der Waals surface area contributed by atoms with Gasteiger partial charge in [-0.05, 0) is 25.1 Å². The summed E-state index contributed by atoms with van der Waals surface area (Å²) in [6, 6.07) is 6.49. The third-order valence-electron chi connectivity index (χ3n) is 3.08. The molecule has 0 bridgehead atoms. The molecule has 9 heteroatoms. The molecule has 2 rings (SSSR count). The number of benzene rings is 1. The molecule has 0 aliphatic carbocycles. The van der Waals surface area contributed by atoms with Gasteiger partial charge in [0.1, 0.15) is 23.5 Å². The summed E-state index contributed by atoms with van der Waals surface area (Å²) in [6.07, 6.45) is -4.77. The first-order chi connectivity index (χ1) is 11.2. The maximum Gasteiger partial charge on any atom is 0.421 e. The van der Waals surface area contributed by atoms with E-state index in [-0.39, 0.29) is 30.2 Å². The highest BCUT2D eigenvalue weighted by molar-refractivity contribution is 5.90. The van der Waals surface area contributed by atoms with Crippen molar-refractivity contribution >= 4 is 5.97 Å². The van der Waals surface area contributed by atoms with Crippen LogP contribution in [0.3, 0.4) is 0 Å². The molecule has 1 N–H and O–H groups in total. The van der Waals surface area contributed by atoms with E-state index >= 15 is 0 Å². The van der Waals surface area contributed by atoms with Crippen LogP contribution >= 0.6 is 0 Å². The van der Waals surface area contributed by atoms with Crippen LogP contribution < -0.4 is 10.3 Å². The lowest BCUT2D eigenvalue weighted by Gasteiger charge is -2.12. The third kappa shape index (κ3) is 3.92. The van der Waals surface area contributed by atoms with E-state index in [0.717, 1.165) is 0 Å². The molecule has 1 heterocycles. The van der Waals surface area contributed by atoms with Crippen LogP contribution in [-0.4, -0.2) is 27.5 Å². The molecule has 0 saturated carbocycles. The number of aromatic nitrogens is 2. The number of carboxylic acids is 1. The van der Waals surface area contributed by atoms with Gasteiger partial charge in [0, 0.05) is 0 Å². The molecule has 0 saturated heterocycles. The first-order valence-electron chi connectivity index (χ1n) is 6.81. The van der Waals surface area contributed by atoms with Crippen molar-refractivity contribution in [2.24, 2.45) is 0 Å². The molecule has 0 fully saturated rings. The highest BCUT2D eigenvalue weighted by Crippen LogP contribution is 2.26. The molecule has 0 atom stereocenters. The van der Waals surface area contributed by atoms with Gasteiger partial charge in [-0.1, -0.05) is 12.1 Å². The smallest absolute Gasteiger partial charge is 0.421 e. The SMILES string of the molecule is Cc1cc(C(F)(F)F)c(=O)n(CCOc2ccccc2C(=O)O)n1. The van der Waals surface area contributed by atoms with Crippen molar-refractivity contribution in [3.63, 3.8) is 0 Å². The summed E-state index contributed by atoms with van der Waals surface area (Å²) >= 11 is 0. The van der Waals surface area contributed by atoms with Crippen LogP contribution in [0.2, 0.25) is 0 Å². The molecular formula is C15H13F3N2O4. The average molecular weight is 342 g/mol. The standard InChI is InChI=1S/C15H13F3N2O4/c1-9-8-11(15(16,17)18)13(21)20(19-9)6-7-24-12-5-3-2-4-10(12)14(22)23/h2-5,8H,6-7H2,1H3,(H,22,23). The van der Waals surface area contributed by atoms with Crippen molar-refractivity contribution < 1.29 is 27.8 Å². The first-order valence-corrected chi connectivity index (χ1v) is 6.81. The van der Waals surface area contributed by atoms with Crippen LogP contribution in [0.4, 0.5) is 13.2 Å². The van der Waals surface area contributed by atoms with Gasteiger partial charge in [-0.15, -0.1) is 0 Å². The minimum atomic E-state index is -4.77. The lowest BCUT2D eigenvalue weighted by molar-refractivity contribution is -0.139. The van der Waals surface area contributed by atoms with Crippen LogP contribution in [0, 0.1) is 6.92 Å². The molecule has 6 nitrogen and oxygen atoms in total. The summed E-state index contributed by atoms with van der Waals surface area (Å²) in [6.45, 7) is 0.876. The van der Waals surface area contributed by atoms with Gasteiger partial charge in [0.2, 0.25) is 0 Å². The van der Waals surface area contributed by atoms with Crippen molar-refractivity contribution in [3.8, 4) is 5.75 Å². The van der Waals surface area contributed by atoms with Gasteiger partial charge in [-0.25, -0.2) is 9.48 Å². The van der Waals surface area contributed by atoms with Gasteiger partial charge in [-0.3, -0.25) is 4.79 Å². The number of nitrogens with zero attached hydrogens (tertiary/aromatic N) is 2. The molecule has 1 aromatic carbocycles. The summed E-state index contributed by atoms with van der Waals surface area (Å²) in [7, 11) is 0. The van der Waals surface area contributed by atoms with E-state index in [2.05, 4.69) is 5.10 Å². The van der Waals surface area contributed by atoms with Crippen LogP contribution in [0.5, 0.6) is 5.75 Å². The van der Waals surface area contributed by atoms with E-state index in [1.165, 1.54) is 25.1 Å². The number of hydrogen-bond acceptors (Lipinski definition) is 4. The Morgan fingerprint density at radius 1 is 1.33 bits per heavy atom. The first kappa shape index (κ1) is 17.5. The van der Waals surface area contributed by atoms with Gasteiger partial charge in [-0.2, -0.15) is 18.3 Å². The molecule has 0 aliphatic heterocycles. The Hall–Kier alpha value is -2.84. The summed E-state index contributed by atoms with van der Waals surface area (Å²) < 4.78 is 44.3. The maximum atomic E-state index is 12.8. The number of hydrogen-bond donors (Lipinski definition) is 1. The minimum absolute atomic E-state index is 0.0351. The van der Waals surface area contributed by atoms with E-state index < -0.39 is 23.3 Å². The monoisotopic (exact) mass is 342 g/mol. The normalized spacial score (nSPS) is 11.3. The van der Waals surface area contributed by atoms with Crippen LogP contribution in [0.15, 0.2) is 35.1 Å². The number of alkyl halides is 3. The molecule has 24 heavy (non-hydrogen) atoms. The van der Waals surface area contributed by atoms with Gasteiger partial charge in [0.05, 0.1) is 12.2 Å². The molecule has 0 unspecified atom stereocenters. The van der Waals surface area contributed by atoms with Crippen LogP contribution in [0.1, 0.15) is 21.6 Å². The van der Waals surface area contributed by atoms with E-state index in [1.807, 2.05) is 0 Å². The van der Waals surface area contributed by atoms with Crippen molar-refractivity contribution in [2.75, 3.05) is 6.61 Å². The highest BCUT2D eigenvalue weighted by Gasteiger charge is 2.35. The zero-order valence-electron chi connectivity index (χ0n) is 12.5. The van der Waals surface area contributed by atoms with Gasteiger partial charge >= 0.3 is 12.1 Å². The number of carbonyl (C=O) groups is 1. The molecule has 0 radical (unpaired) electrons. The summed E-state index contributed by atoms with van der Waals surface area (Å²) in [5.41, 5.74) is -2.63. The number of halogens is 3. The van der Waals surface area contributed by atoms with E-state index in [9.17, 15) is 22.8 Å². The Morgan fingerprint density at radius 3 is 2.62 bits per heavy atom. The van der Waals surface area contributed by atoms with Crippen molar-refractivity contribution in [1.82, 2.24) is 9.78 Å². The second-order valence-corrected chi connectivity index (χ2v) is 4.88. The zero-order valence-corrected chi connectivity index (χ0v) is 12.5.